The van der Waals surface area contributed by atoms with Crippen LogP contribution < -0.4 is 10.4 Å². The van der Waals surface area contributed by atoms with Crippen LogP contribution in [0.15, 0.2) is 53.4 Å². The molecule has 0 aliphatic carbocycles. The fourth-order valence-corrected chi connectivity index (χ4v) is 4.16. The number of rotatable bonds is 7. The molecular weight excluding hydrogens is 420 g/mol. The molecule has 1 fully saturated rings. The van der Waals surface area contributed by atoms with Gasteiger partial charge in [-0.25, -0.2) is 0 Å². The number of benzene rings is 2. The summed E-state index contributed by atoms with van der Waals surface area (Å²) < 4.78 is 0.473. The largest absolute Gasteiger partial charge is 0.545 e. The van der Waals surface area contributed by atoms with Crippen molar-refractivity contribution in [3.63, 3.8) is 0 Å². The standard InChI is InChI=1S/C22H20N2O4S2/c1-14-7-9-15(10-8-14)12-18-20(26)24(22(29)30-18)11-3-6-19(25)23-17-5-2-4-16(13-17)21(27)28/h2,4-5,7-10,12-13H,3,6,11H2,1H3,(H,23,25)(H,27,28)/p-1/b18-12-. The number of aryl methyl sites for hydroxylation is 1. The number of carbonyl (C=O) groups is 3. The van der Waals surface area contributed by atoms with Gasteiger partial charge in [0, 0.05) is 18.7 Å². The van der Waals surface area contributed by atoms with Crippen LogP contribution >= 0.6 is 24.0 Å². The third kappa shape index (κ3) is 5.55. The Labute approximate surface area is 184 Å². The van der Waals surface area contributed by atoms with E-state index in [1.54, 1.807) is 6.07 Å². The number of thiocarbonyl (C=S) groups is 1. The maximum atomic E-state index is 12.6. The minimum Gasteiger partial charge on any atom is -0.545 e. The first kappa shape index (κ1) is 21.7. The monoisotopic (exact) mass is 439 g/mol. The normalized spacial score (nSPS) is 15.0. The van der Waals surface area contributed by atoms with Gasteiger partial charge in [-0.3, -0.25) is 14.5 Å². The van der Waals surface area contributed by atoms with Gasteiger partial charge in [0.2, 0.25) is 5.91 Å². The Morgan fingerprint density at radius 2 is 1.93 bits per heavy atom. The lowest BCUT2D eigenvalue weighted by molar-refractivity contribution is -0.255. The number of carboxylic acids is 1. The average Bonchev–Trinajstić information content (AvgIpc) is 2.97. The van der Waals surface area contributed by atoms with Gasteiger partial charge in [-0.2, -0.15) is 0 Å². The molecule has 8 heteroatoms. The van der Waals surface area contributed by atoms with E-state index >= 15 is 0 Å². The molecule has 0 saturated carbocycles. The summed E-state index contributed by atoms with van der Waals surface area (Å²) in [6.07, 6.45) is 2.41. The van der Waals surface area contributed by atoms with Gasteiger partial charge in [0.25, 0.3) is 5.91 Å². The number of nitrogens with zero attached hydrogens (tertiary/aromatic N) is 1. The van der Waals surface area contributed by atoms with Crippen molar-refractivity contribution in [1.29, 1.82) is 0 Å². The molecule has 1 saturated heterocycles. The summed E-state index contributed by atoms with van der Waals surface area (Å²) in [5.41, 5.74) is 2.45. The van der Waals surface area contributed by atoms with Gasteiger partial charge in [-0.1, -0.05) is 65.9 Å². The quantitative estimate of drug-likeness (QED) is 0.527. The molecule has 1 aliphatic rings. The fraction of sp³-hybridized carbons (Fsp3) is 0.182. The maximum Gasteiger partial charge on any atom is 0.266 e. The number of hydrogen-bond donors (Lipinski definition) is 1. The summed E-state index contributed by atoms with van der Waals surface area (Å²) in [5.74, 6) is -1.74. The van der Waals surface area contributed by atoms with E-state index in [1.807, 2.05) is 37.3 Å². The zero-order chi connectivity index (χ0) is 21.7. The van der Waals surface area contributed by atoms with Crippen LogP contribution in [0.25, 0.3) is 6.08 Å². The molecule has 3 rings (SSSR count). The Kier molecular flexibility index (Phi) is 7.02. The molecule has 0 aromatic heterocycles. The lowest BCUT2D eigenvalue weighted by Crippen LogP contribution is -2.29. The topological polar surface area (TPSA) is 89.5 Å². The van der Waals surface area contributed by atoms with Gasteiger partial charge in [0.05, 0.1) is 10.9 Å². The summed E-state index contributed by atoms with van der Waals surface area (Å²) >= 11 is 6.57. The van der Waals surface area contributed by atoms with E-state index in [0.717, 1.165) is 11.1 Å². The molecule has 1 heterocycles. The molecule has 1 N–H and O–H groups in total. The Balaban J connectivity index is 1.53. The zero-order valence-corrected chi connectivity index (χ0v) is 17.8. The number of aromatic carboxylic acids is 1. The number of anilines is 1. The molecule has 6 nitrogen and oxygen atoms in total. The third-order valence-electron chi connectivity index (χ3n) is 4.42. The first-order chi connectivity index (χ1) is 14.3. The van der Waals surface area contributed by atoms with Crippen molar-refractivity contribution in [2.24, 2.45) is 0 Å². The van der Waals surface area contributed by atoms with Crippen LogP contribution in [0.3, 0.4) is 0 Å². The Morgan fingerprint density at radius 1 is 1.20 bits per heavy atom. The van der Waals surface area contributed by atoms with E-state index < -0.39 is 5.97 Å². The summed E-state index contributed by atoms with van der Waals surface area (Å²) in [6, 6.07) is 13.7. The molecule has 1 aliphatic heterocycles. The number of nitrogens with one attached hydrogen (secondary N) is 1. The highest BCUT2D eigenvalue weighted by Crippen LogP contribution is 2.32. The van der Waals surface area contributed by atoms with E-state index in [9.17, 15) is 19.5 Å². The molecule has 154 valence electrons. The van der Waals surface area contributed by atoms with Crippen molar-refractivity contribution in [3.8, 4) is 0 Å². The Bertz CT molecular complexity index is 1030. The SMILES string of the molecule is Cc1ccc(/C=C2\SC(=S)N(CCCC(=O)Nc3cccc(C(=O)[O-])c3)C2=O)cc1. The van der Waals surface area contributed by atoms with Crippen molar-refractivity contribution < 1.29 is 19.5 Å². The maximum absolute atomic E-state index is 12.6. The van der Waals surface area contributed by atoms with Crippen LogP contribution in [0.2, 0.25) is 0 Å². The summed E-state index contributed by atoms with van der Waals surface area (Å²) in [7, 11) is 0. The predicted molar refractivity (Wildman–Crippen MR) is 120 cm³/mol. The first-order valence-electron chi connectivity index (χ1n) is 9.27. The highest BCUT2D eigenvalue weighted by Gasteiger charge is 2.31. The van der Waals surface area contributed by atoms with Gasteiger partial charge in [-0.05, 0) is 42.7 Å². The van der Waals surface area contributed by atoms with Crippen LogP contribution in [0.4, 0.5) is 5.69 Å². The van der Waals surface area contributed by atoms with Crippen molar-refractivity contribution >= 4 is 57.8 Å². The highest BCUT2D eigenvalue weighted by molar-refractivity contribution is 8.26. The lowest BCUT2D eigenvalue weighted by Gasteiger charge is -2.14. The van der Waals surface area contributed by atoms with E-state index in [0.29, 0.717) is 27.9 Å². The minimum atomic E-state index is -1.31. The number of hydrogen-bond acceptors (Lipinski definition) is 6. The van der Waals surface area contributed by atoms with Gasteiger partial charge < -0.3 is 15.2 Å². The molecule has 0 bridgehead atoms. The predicted octanol–water partition coefficient (Wildman–Crippen LogP) is 2.98. The van der Waals surface area contributed by atoms with Crippen LogP contribution in [0.5, 0.6) is 0 Å². The second kappa shape index (κ2) is 9.69. The van der Waals surface area contributed by atoms with Crippen LogP contribution in [0.1, 0.15) is 34.3 Å². The van der Waals surface area contributed by atoms with Crippen molar-refractivity contribution in [1.82, 2.24) is 4.90 Å². The van der Waals surface area contributed by atoms with Gasteiger partial charge in [-0.15, -0.1) is 0 Å². The summed E-state index contributed by atoms with van der Waals surface area (Å²) in [4.78, 5) is 37.7. The van der Waals surface area contributed by atoms with Crippen molar-refractivity contribution in [2.75, 3.05) is 11.9 Å². The summed E-state index contributed by atoms with van der Waals surface area (Å²) in [5, 5.41) is 13.5. The minimum absolute atomic E-state index is 0.00858. The molecular formula is C22H19N2O4S2-. The van der Waals surface area contributed by atoms with Crippen molar-refractivity contribution in [2.45, 2.75) is 19.8 Å². The van der Waals surface area contributed by atoms with Crippen LogP contribution in [-0.4, -0.2) is 33.5 Å². The molecule has 0 spiro atoms. The molecule has 2 amide bonds. The third-order valence-corrected chi connectivity index (χ3v) is 5.79. The number of thioether (sulfide) groups is 1. The van der Waals surface area contributed by atoms with E-state index in [1.165, 1.54) is 34.9 Å². The Morgan fingerprint density at radius 3 is 2.63 bits per heavy atom. The van der Waals surface area contributed by atoms with Crippen LogP contribution in [-0.2, 0) is 9.59 Å². The first-order valence-corrected chi connectivity index (χ1v) is 10.5. The second-order valence-corrected chi connectivity index (χ2v) is 8.44. The van der Waals surface area contributed by atoms with Gasteiger partial charge >= 0.3 is 0 Å². The summed E-state index contributed by atoms with van der Waals surface area (Å²) in [6.45, 7) is 2.34. The van der Waals surface area contributed by atoms with Gasteiger partial charge in [0.1, 0.15) is 4.32 Å². The fourth-order valence-electron chi connectivity index (χ4n) is 2.85. The molecule has 30 heavy (non-hydrogen) atoms. The molecule has 0 radical (unpaired) electrons. The molecule has 2 aromatic carbocycles. The van der Waals surface area contributed by atoms with Crippen molar-refractivity contribution in [3.05, 3.63) is 70.1 Å². The number of carbonyl (C=O) groups excluding carboxylic acids is 3. The average molecular weight is 440 g/mol. The number of amides is 2. The number of carboxylic acid groups (broad SMARTS) is 1. The lowest BCUT2D eigenvalue weighted by atomic mass is 10.1. The van der Waals surface area contributed by atoms with E-state index in [-0.39, 0.29) is 23.8 Å². The molecule has 0 atom stereocenters. The Hall–Kier alpha value is -2.97. The van der Waals surface area contributed by atoms with Gasteiger partial charge in [0.15, 0.2) is 0 Å². The highest BCUT2D eigenvalue weighted by atomic mass is 32.2. The molecule has 0 unspecified atom stereocenters. The second-order valence-electron chi connectivity index (χ2n) is 6.76. The van der Waals surface area contributed by atoms with Crippen LogP contribution in [0, 0.1) is 6.92 Å². The molecule has 2 aromatic rings. The van der Waals surface area contributed by atoms with E-state index in [4.69, 9.17) is 12.2 Å². The smallest absolute Gasteiger partial charge is 0.266 e. The zero-order valence-electron chi connectivity index (χ0n) is 16.2. The van der Waals surface area contributed by atoms with E-state index in [2.05, 4.69) is 5.32 Å².